The number of carbonyl (C=O) groups excluding carboxylic acids is 1. The van der Waals surface area contributed by atoms with Gasteiger partial charge in [0.1, 0.15) is 11.3 Å². The minimum atomic E-state index is -4.78. The minimum Gasteiger partial charge on any atom is -0.406 e. The summed E-state index contributed by atoms with van der Waals surface area (Å²) >= 11 is 0. The molecule has 126 valence electrons. The van der Waals surface area contributed by atoms with Crippen LogP contribution in [0.3, 0.4) is 0 Å². The molecule has 0 radical (unpaired) electrons. The molecule has 1 heterocycles. The summed E-state index contributed by atoms with van der Waals surface area (Å²) in [6.45, 7) is 1.73. The summed E-state index contributed by atoms with van der Waals surface area (Å²) in [6, 6.07) is 6.77. The van der Waals surface area contributed by atoms with Crippen molar-refractivity contribution < 1.29 is 27.2 Å². The summed E-state index contributed by atoms with van der Waals surface area (Å²) in [4.78, 5) is 12.2. The van der Waals surface area contributed by atoms with Crippen LogP contribution in [0.1, 0.15) is 22.5 Å². The van der Waals surface area contributed by atoms with E-state index < -0.39 is 12.3 Å². The highest BCUT2D eigenvalue weighted by Gasteiger charge is 2.31. The highest BCUT2D eigenvalue weighted by molar-refractivity contribution is 6.00. The number of hydrogen-bond acceptors (Lipinski definition) is 5. The molecule has 0 saturated carbocycles. The maximum Gasteiger partial charge on any atom is 0.573 e. The normalized spacial score (nSPS) is 11.0. The summed E-state index contributed by atoms with van der Waals surface area (Å²) < 4.78 is 45.4. The molecule has 0 spiro atoms. The summed E-state index contributed by atoms with van der Waals surface area (Å²) in [7, 11) is 0. The smallest absolute Gasteiger partial charge is 0.406 e. The van der Waals surface area contributed by atoms with Gasteiger partial charge in [0.25, 0.3) is 5.91 Å². The van der Waals surface area contributed by atoms with E-state index in [1.807, 2.05) is 6.07 Å². The lowest BCUT2D eigenvalue weighted by atomic mass is 10.1. The van der Waals surface area contributed by atoms with E-state index in [4.69, 9.17) is 9.78 Å². The second-order valence-electron chi connectivity index (χ2n) is 4.71. The van der Waals surface area contributed by atoms with Gasteiger partial charge in [0.15, 0.2) is 5.76 Å². The summed E-state index contributed by atoms with van der Waals surface area (Å²) in [5.41, 5.74) is 0.864. The first-order valence-corrected chi connectivity index (χ1v) is 6.79. The lowest BCUT2D eigenvalue weighted by Crippen LogP contribution is -2.25. The number of rotatable bonds is 5. The number of aryl methyl sites for hydroxylation is 1. The van der Waals surface area contributed by atoms with E-state index in [-0.39, 0.29) is 30.0 Å². The van der Waals surface area contributed by atoms with Gasteiger partial charge in [0.2, 0.25) is 0 Å². The number of amides is 1. The number of carbonyl (C=O) groups is 1. The van der Waals surface area contributed by atoms with Crippen LogP contribution in [0.15, 0.2) is 28.8 Å². The Balaban J connectivity index is 2.24. The van der Waals surface area contributed by atoms with Gasteiger partial charge in [-0.25, -0.2) is 0 Å². The maximum atomic E-state index is 12.2. The molecular weight excluding hydrogens is 327 g/mol. The van der Waals surface area contributed by atoms with E-state index >= 15 is 0 Å². The number of nitrogens with one attached hydrogen (secondary N) is 1. The van der Waals surface area contributed by atoms with Crippen molar-refractivity contribution in [2.75, 3.05) is 6.54 Å². The van der Waals surface area contributed by atoms with Gasteiger partial charge in [0.05, 0.1) is 18.2 Å². The minimum absolute atomic E-state index is 0.125. The van der Waals surface area contributed by atoms with Crippen molar-refractivity contribution >= 4 is 5.91 Å². The lowest BCUT2D eigenvalue weighted by Gasteiger charge is -2.09. The van der Waals surface area contributed by atoms with E-state index in [9.17, 15) is 18.0 Å². The van der Waals surface area contributed by atoms with E-state index in [1.54, 1.807) is 6.92 Å². The zero-order chi connectivity index (χ0) is 17.7. The highest BCUT2D eigenvalue weighted by Crippen LogP contribution is 2.29. The monoisotopic (exact) mass is 339 g/mol. The fourth-order valence-electron chi connectivity index (χ4n) is 1.96. The van der Waals surface area contributed by atoms with Gasteiger partial charge in [-0.1, -0.05) is 5.16 Å². The number of nitriles is 1. The number of ether oxygens (including phenoxy) is 1. The van der Waals surface area contributed by atoms with Crippen LogP contribution in [0.4, 0.5) is 13.2 Å². The van der Waals surface area contributed by atoms with Gasteiger partial charge < -0.3 is 14.6 Å². The molecule has 9 heteroatoms. The number of hydrogen-bond donors (Lipinski definition) is 1. The Morgan fingerprint density at radius 3 is 2.62 bits per heavy atom. The molecule has 0 aliphatic rings. The van der Waals surface area contributed by atoms with Gasteiger partial charge in [-0.2, -0.15) is 5.26 Å². The van der Waals surface area contributed by atoms with E-state index in [2.05, 4.69) is 15.2 Å². The molecule has 6 nitrogen and oxygen atoms in total. The summed E-state index contributed by atoms with van der Waals surface area (Å²) in [5, 5.41) is 14.7. The van der Waals surface area contributed by atoms with Crippen molar-refractivity contribution in [1.82, 2.24) is 10.5 Å². The third kappa shape index (κ3) is 4.25. The molecular formula is C15H12F3N3O3. The summed E-state index contributed by atoms with van der Waals surface area (Å²) in [5.74, 6) is -0.738. The Morgan fingerprint density at radius 1 is 1.38 bits per heavy atom. The lowest BCUT2D eigenvalue weighted by molar-refractivity contribution is -0.274. The van der Waals surface area contributed by atoms with Gasteiger partial charge in [0, 0.05) is 12.1 Å². The van der Waals surface area contributed by atoms with Crippen molar-refractivity contribution in [2.45, 2.75) is 19.7 Å². The van der Waals surface area contributed by atoms with Crippen molar-refractivity contribution in [3.05, 3.63) is 35.5 Å². The van der Waals surface area contributed by atoms with Crippen LogP contribution >= 0.6 is 0 Å². The predicted octanol–water partition coefficient (Wildman–Crippen LogP) is 3.19. The van der Waals surface area contributed by atoms with Crippen LogP contribution in [0.5, 0.6) is 5.75 Å². The Hall–Kier alpha value is -3.02. The second-order valence-corrected chi connectivity index (χ2v) is 4.71. The van der Waals surface area contributed by atoms with E-state index in [1.165, 1.54) is 12.1 Å². The molecule has 1 aromatic carbocycles. The second kappa shape index (κ2) is 7.04. The third-order valence-electron chi connectivity index (χ3n) is 2.96. The van der Waals surface area contributed by atoms with E-state index in [0.29, 0.717) is 11.3 Å². The summed E-state index contributed by atoms with van der Waals surface area (Å²) in [6.07, 6.45) is -4.63. The van der Waals surface area contributed by atoms with Crippen LogP contribution in [0.2, 0.25) is 0 Å². The number of halogens is 3. The molecule has 1 amide bonds. The molecule has 2 aromatic rings. The van der Waals surface area contributed by atoms with Crippen LogP contribution in [0.25, 0.3) is 11.3 Å². The molecule has 0 atom stereocenters. The number of nitrogens with zero attached hydrogens (tertiary/aromatic N) is 2. The van der Waals surface area contributed by atoms with Crippen LogP contribution in [-0.4, -0.2) is 24.0 Å². The molecule has 2 rings (SSSR count). The Kier molecular flexibility index (Phi) is 5.08. The van der Waals surface area contributed by atoms with Crippen molar-refractivity contribution in [3.8, 4) is 23.1 Å². The van der Waals surface area contributed by atoms with Crippen LogP contribution in [-0.2, 0) is 0 Å². The molecule has 1 N–H and O–H groups in total. The molecule has 0 fully saturated rings. The molecule has 0 unspecified atom stereocenters. The van der Waals surface area contributed by atoms with Gasteiger partial charge in [-0.3, -0.25) is 4.79 Å². The standard InChI is InChI=1S/C15H12F3N3O3/c1-9-12(14(22)20-8-2-7-19)13(24-21-9)10-3-5-11(6-4-10)23-15(16,17)18/h3-6H,2,8H2,1H3,(H,20,22). The average molecular weight is 339 g/mol. The highest BCUT2D eigenvalue weighted by atomic mass is 19.4. The van der Waals surface area contributed by atoms with Gasteiger partial charge in [-0.05, 0) is 31.2 Å². The largest absolute Gasteiger partial charge is 0.573 e. The quantitative estimate of drug-likeness (QED) is 0.845. The van der Waals surface area contributed by atoms with Crippen LogP contribution < -0.4 is 10.1 Å². The fourth-order valence-corrected chi connectivity index (χ4v) is 1.96. The van der Waals surface area contributed by atoms with Gasteiger partial charge in [-0.15, -0.1) is 13.2 Å². The van der Waals surface area contributed by atoms with Crippen molar-refractivity contribution in [1.29, 1.82) is 5.26 Å². The fraction of sp³-hybridized carbons (Fsp3) is 0.267. The zero-order valence-corrected chi connectivity index (χ0v) is 12.5. The Labute approximate surface area is 134 Å². The molecule has 0 saturated heterocycles. The van der Waals surface area contributed by atoms with Gasteiger partial charge >= 0.3 is 6.36 Å². The average Bonchev–Trinajstić information content (AvgIpc) is 2.88. The number of alkyl halides is 3. The zero-order valence-electron chi connectivity index (χ0n) is 12.5. The first kappa shape index (κ1) is 17.3. The molecule has 0 aliphatic heterocycles. The van der Waals surface area contributed by atoms with Crippen molar-refractivity contribution in [3.63, 3.8) is 0 Å². The maximum absolute atomic E-state index is 12.2. The number of aromatic nitrogens is 1. The Bertz CT molecular complexity index is 761. The first-order chi connectivity index (χ1) is 11.3. The Morgan fingerprint density at radius 2 is 2.04 bits per heavy atom. The topological polar surface area (TPSA) is 88.2 Å². The van der Waals surface area contributed by atoms with Crippen LogP contribution in [0, 0.1) is 18.3 Å². The van der Waals surface area contributed by atoms with E-state index in [0.717, 1.165) is 12.1 Å². The van der Waals surface area contributed by atoms with Crippen molar-refractivity contribution in [2.24, 2.45) is 0 Å². The SMILES string of the molecule is Cc1noc(-c2ccc(OC(F)(F)F)cc2)c1C(=O)NCCC#N. The molecule has 1 aromatic heterocycles. The third-order valence-corrected chi connectivity index (χ3v) is 2.96. The molecule has 24 heavy (non-hydrogen) atoms. The molecule has 0 bridgehead atoms. The molecule has 0 aliphatic carbocycles. The predicted molar refractivity (Wildman–Crippen MR) is 75.9 cm³/mol. The number of benzene rings is 1. The first-order valence-electron chi connectivity index (χ1n) is 6.79.